The van der Waals surface area contributed by atoms with Gasteiger partial charge in [-0.25, -0.2) is 0 Å². The standard InChI is InChI=1S/C25H25BClNO5/c1-24(2)25(3,4)33-26(32-24)19-7-12-22(13-8-19)31-16-18-15-21(28(29)30)11-14-23(18)17-5-9-20(27)10-6-17/h5-15H,16H2,1-4H3. The molecule has 1 heterocycles. The lowest BCUT2D eigenvalue weighted by molar-refractivity contribution is -0.384. The van der Waals surface area contributed by atoms with Crippen molar-refractivity contribution in [2.75, 3.05) is 0 Å². The molecule has 1 saturated heterocycles. The van der Waals surface area contributed by atoms with Crippen LogP contribution in [0.3, 0.4) is 0 Å². The van der Waals surface area contributed by atoms with Crippen molar-refractivity contribution in [3.63, 3.8) is 0 Å². The number of nitro benzene ring substituents is 1. The summed E-state index contributed by atoms with van der Waals surface area (Å²) in [6, 6.07) is 19.6. The zero-order chi connectivity index (χ0) is 23.8. The first-order valence-electron chi connectivity index (χ1n) is 10.7. The van der Waals surface area contributed by atoms with Crippen LogP contribution in [0.15, 0.2) is 66.7 Å². The van der Waals surface area contributed by atoms with E-state index >= 15 is 0 Å². The van der Waals surface area contributed by atoms with Crippen molar-refractivity contribution >= 4 is 29.9 Å². The Morgan fingerprint density at radius 1 is 0.939 bits per heavy atom. The van der Waals surface area contributed by atoms with Crippen molar-refractivity contribution in [3.05, 3.63) is 87.4 Å². The summed E-state index contributed by atoms with van der Waals surface area (Å²) in [5, 5.41) is 11.9. The summed E-state index contributed by atoms with van der Waals surface area (Å²) in [6.07, 6.45) is 0. The zero-order valence-electron chi connectivity index (χ0n) is 19.0. The van der Waals surface area contributed by atoms with Crippen LogP contribution < -0.4 is 10.2 Å². The van der Waals surface area contributed by atoms with Crippen LogP contribution in [-0.4, -0.2) is 23.2 Å². The summed E-state index contributed by atoms with van der Waals surface area (Å²) in [6.45, 7) is 8.24. The lowest BCUT2D eigenvalue weighted by Crippen LogP contribution is -2.41. The van der Waals surface area contributed by atoms with Crippen molar-refractivity contribution in [2.24, 2.45) is 0 Å². The minimum absolute atomic E-state index is 0.0161. The highest BCUT2D eigenvalue weighted by atomic mass is 35.5. The van der Waals surface area contributed by atoms with E-state index in [9.17, 15) is 10.1 Å². The molecule has 0 spiro atoms. The van der Waals surface area contributed by atoms with Crippen molar-refractivity contribution in [2.45, 2.75) is 45.5 Å². The van der Waals surface area contributed by atoms with Crippen LogP contribution in [0.5, 0.6) is 5.75 Å². The number of nitrogens with zero attached hydrogens (tertiary/aromatic N) is 1. The predicted molar refractivity (Wildman–Crippen MR) is 130 cm³/mol. The molecule has 8 heteroatoms. The van der Waals surface area contributed by atoms with Gasteiger partial charge in [0.05, 0.1) is 16.1 Å². The molecule has 0 saturated carbocycles. The Morgan fingerprint density at radius 2 is 1.55 bits per heavy atom. The Bertz CT molecular complexity index is 1150. The second-order valence-corrected chi connectivity index (χ2v) is 9.49. The Morgan fingerprint density at radius 3 is 2.12 bits per heavy atom. The van der Waals surface area contributed by atoms with Crippen LogP contribution in [0.25, 0.3) is 11.1 Å². The number of hydrogen-bond acceptors (Lipinski definition) is 5. The second kappa shape index (κ2) is 8.82. The highest BCUT2D eigenvalue weighted by Crippen LogP contribution is 2.36. The smallest absolute Gasteiger partial charge is 0.489 e. The largest absolute Gasteiger partial charge is 0.494 e. The molecular weight excluding hydrogens is 441 g/mol. The van der Waals surface area contributed by atoms with E-state index in [1.807, 2.05) is 64.1 Å². The first kappa shape index (κ1) is 23.3. The van der Waals surface area contributed by atoms with Crippen molar-refractivity contribution in [1.29, 1.82) is 0 Å². The van der Waals surface area contributed by atoms with Crippen molar-refractivity contribution < 1.29 is 19.0 Å². The third-order valence-electron chi connectivity index (χ3n) is 6.25. The molecule has 33 heavy (non-hydrogen) atoms. The van der Waals surface area contributed by atoms with E-state index in [0.29, 0.717) is 16.3 Å². The van der Waals surface area contributed by atoms with Crippen LogP contribution in [-0.2, 0) is 15.9 Å². The molecule has 0 N–H and O–H groups in total. The number of ether oxygens (including phenoxy) is 1. The molecule has 3 aromatic rings. The molecule has 0 unspecified atom stereocenters. The van der Waals surface area contributed by atoms with E-state index in [0.717, 1.165) is 16.6 Å². The third kappa shape index (κ3) is 4.90. The molecule has 1 fully saturated rings. The van der Waals surface area contributed by atoms with Gasteiger partial charge in [-0.05, 0) is 74.6 Å². The molecular formula is C25H25BClNO5. The number of nitro groups is 1. The molecule has 0 radical (unpaired) electrons. The predicted octanol–water partition coefficient (Wildman–Crippen LogP) is 5.79. The maximum atomic E-state index is 11.3. The highest BCUT2D eigenvalue weighted by molar-refractivity contribution is 6.62. The summed E-state index contributed by atoms with van der Waals surface area (Å²) in [7, 11) is -0.447. The van der Waals surface area contributed by atoms with Gasteiger partial charge in [0.2, 0.25) is 0 Å². The van der Waals surface area contributed by atoms with E-state index < -0.39 is 23.2 Å². The average Bonchev–Trinajstić information content (AvgIpc) is 3.00. The molecule has 0 aliphatic carbocycles. The number of halogens is 1. The minimum atomic E-state index is -0.447. The van der Waals surface area contributed by atoms with E-state index in [4.69, 9.17) is 25.6 Å². The van der Waals surface area contributed by atoms with E-state index in [1.54, 1.807) is 24.3 Å². The van der Waals surface area contributed by atoms with Gasteiger partial charge in [0.1, 0.15) is 12.4 Å². The van der Waals surface area contributed by atoms with Gasteiger partial charge in [0.15, 0.2) is 0 Å². The van der Waals surface area contributed by atoms with Crippen LogP contribution >= 0.6 is 11.6 Å². The number of benzene rings is 3. The topological polar surface area (TPSA) is 70.8 Å². The first-order valence-corrected chi connectivity index (χ1v) is 11.1. The Kier molecular flexibility index (Phi) is 6.23. The SMILES string of the molecule is CC1(C)OB(c2ccc(OCc3cc([N+](=O)[O-])ccc3-c3ccc(Cl)cc3)cc2)OC1(C)C. The average molecular weight is 466 g/mol. The quantitative estimate of drug-likeness (QED) is 0.262. The Labute approximate surface area is 198 Å². The van der Waals surface area contributed by atoms with E-state index in [-0.39, 0.29) is 12.3 Å². The molecule has 0 aromatic heterocycles. The van der Waals surface area contributed by atoms with Crippen LogP contribution in [0, 0.1) is 10.1 Å². The molecule has 1 aliphatic heterocycles. The van der Waals surface area contributed by atoms with Gasteiger partial charge in [0.25, 0.3) is 5.69 Å². The first-order chi connectivity index (χ1) is 15.6. The maximum Gasteiger partial charge on any atom is 0.494 e. The summed E-state index contributed by atoms with van der Waals surface area (Å²) in [4.78, 5) is 10.9. The van der Waals surface area contributed by atoms with Gasteiger partial charge in [-0.2, -0.15) is 0 Å². The molecule has 6 nitrogen and oxygen atoms in total. The molecule has 3 aromatic carbocycles. The lowest BCUT2D eigenvalue weighted by atomic mass is 9.79. The van der Waals surface area contributed by atoms with Crippen molar-refractivity contribution in [1.82, 2.24) is 0 Å². The zero-order valence-corrected chi connectivity index (χ0v) is 19.8. The number of non-ortho nitro benzene ring substituents is 1. The van der Waals surface area contributed by atoms with Gasteiger partial charge < -0.3 is 14.0 Å². The Hall–Kier alpha value is -2.87. The highest BCUT2D eigenvalue weighted by Gasteiger charge is 2.51. The molecule has 4 rings (SSSR count). The second-order valence-electron chi connectivity index (χ2n) is 9.05. The molecule has 1 aliphatic rings. The third-order valence-corrected chi connectivity index (χ3v) is 6.51. The van der Waals surface area contributed by atoms with E-state index in [2.05, 4.69) is 0 Å². The Balaban J connectivity index is 1.52. The van der Waals surface area contributed by atoms with Gasteiger partial charge in [-0.3, -0.25) is 10.1 Å². The lowest BCUT2D eigenvalue weighted by Gasteiger charge is -2.32. The van der Waals surface area contributed by atoms with Gasteiger partial charge >= 0.3 is 7.12 Å². The molecule has 0 amide bonds. The minimum Gasteiger partial charge on any atom is -0.489 e. The fourth-order valence-electron chi connectivity index (χ4n) is 3.59. The fraction of sp³-hybridized carbons (Fsp3) is 0.280. The van der Waals surface area contributed by atoms with E-state index in [1.165, 1.54) is 6.07 Å². The van der Waals surface area contributed by atoms with Crippen molar-refractivity contribution in [3.8, 4) is 16.9 Å². The fourth-order valence-corrected chi connectivity index (χ4v) is 3.71. The van der Waals surface area contributed by atoms with Crippen LogP contribution in [0.4, 0.5) is 5.69 Å². The normalized spacial score (nSPS) is 16.6. The van der Waals surface area contributed by atoms with Gasteiger partial charge in [-0.1, -0.05) is 35.9 Å². The summed E-state index contributed by atoms with van der Waals surface area (Å²) in [5.74, 6) is 0.642. The summed E-state index contributed by atoms with van der Waals surface area (Å²) < 4.78 is 18.2. The number of rotatable bonds is 6. The maximum absolute atomic E-state index is 11.3. The molecule has 0 bridgehead atoms. The van der Waals surface area contributed by atoms with Crippen LogP contribution in [0.1, 0.15) is 33.3 Å². The summed E-state index contributed by atoms with van der Waals surface area (Å²) in [5.41, 5.74) is 2.57. The van der Waals surface area contributed by atoms with Gasteiger partial charge in [0, 0.05) is 22.7 Å². The molecule has 170 valence electrons. The van der Waals surface area contributed by atoms with Gasteiger partial charge in [-0.15, -0.1) is 0 Å². The number of hydrogen-bond donors (Lipinski definition) is 0. The summed E-state index contributed by atoms with van der Waals surface area (Å²) >= 11 is 6.01. The monoisotopic (exact) mass is 465 g/mol. The molecule has 0 atom stereocenters. The van der Waals surface area contributed by atoms with Crippen LogP contribution in [0.2, 0.25) is 5.02 Å².